The first-order chi connectivity index (χ1) is 12.1. The van der Waals surface area contributed by atoms with Gasteiger partial charge in [0.05, 0.1) is 21.3 Å². The first-order valence-corrected chi connectivity index (χ1v) is 8.33. The van der Waals surface area contributed by atoms with Gasteiger partial charge in [0, 0.05) is 6.61 Å². The van der Waals surface area contributed by atoms with E-state index in [2.05, 4.69) is 0 Å². The normalized spacial score (nSPS) is 10.6. The quantitative estimate of drug-likeness (QED) is 0.730. The molecule has 0 amide bonds. The summed E-state index contributed by atoms with van der Waals surface area (Å²) >= 11 is 0. The second-order valence-corrected chi connectivity index (χ2v) is 5.82. The van der Waals surface area contributed by atoms with E-state index in [0.29, 0.717) is 30.1 Å². The number of aliphatic hydroxyl groups excluding tert-OH is 1. The molecule has 0 bridgehead atoms. The van der Waals surface area contributed by atoms with Crippen molar-refractivity contribution in [2.24, 2.45) is 0 Å². The molecular formula is C20H26O5. The Hall–Kier alpha value is -2.40. The van der Waals surface area contributed by atoms with Crippen LogP contribution in [0.5, 0.6) is 23.0 Å². The summed E-state index contributed by atoms with van der Waals surface area (Å²) in [6.45, 7) is 0.143. The predicted octanol–water partition coefficient (Wildman–Crippen LogP) is 3.13. The Morgan fingerprint density at radius 3 is 2.08 bits per heavy atom. The van der Waals surface area contributed by atoms with Gasteiger partial charge in [0.2, 0.25) is 0 Å². The molecule has 0 spiro atoms. The average Bonchev–Trinajstić information content (AvgIpc) is 2.65. The number of hydrogen-bond donors (Lipinski definition) is 2. The zero-order valence-electron chi connectivity index (χ0n) is 15.0. The van der Waals surface area contributed by atoms with Crippen LogP contribution in [0.1, 0.15) is 23.1 Å². The van der Waals surface area contributed by atoms with Crippen LogP contribution in [-0.2, 0) is 19.3 Å². The minimum Gasteiger partial charge on any atom is -0.504 e. The third kappa shape index (κ3) is 4.79. The van der Waals surface area contributed by atoms with Crippen LogP contribution in [0.3, 0.4) is 0 Å². The van der Waals surface area contributed by atoms with Crippen molar-refractivity contribution in [3.8, 4) is 23.0 Å². The van der Waals surface area contributed by atoms with Crippen molar-refractivity contribution >= 4 is 0 Å². The van der Waals surface area contributed by atoms with E-state index in [0.717, 1.165) is 29.5 Å². The topological polar surface area (TPSA) is 68.2 Å². The van der Waals surface area contributed by atoms with Crippen molar-refractivity contribution in [1.29, 1.82) is 0 Å². The van der Waals surface area contributed by atoms with Gasteiger partial charge in [-0.2, -0.15) is 0 Å². The fraction of sp³-hybridized carbons (Fsp3) is 0.400. The van der Waals surface area contributed by atoms with E-state index in [1.54, 1.807) is 21.3 Å². The number of aryl methyl sites for hydroxylation is 3. The van der Waals surface area contributed by atoms with Crippen LogP contribution in [0.2, 0.25) is 0 Å². The van der Waals surface area contributed by atoms with Crippen molar-refractivity contribution in [2.45, 2.75) is 25.7 Å². The Kier molecular flexibility index (Phi) is 6.95. The van der Waals surface area contributed by atoms with E-state index in [4.69, 9.17) is 19.3 Å². The molecule has 2 aromatic rings. The van der Waals surface area contributed by atoms with Crippen LogP contribution in [0, 0.1) is 0 Å². The van der Waals surface area contributed by atoms with Gasteiger partial charge in [-0.25, -0.2) is 0 Å². The molecule has 2 rings (SSSR count). The highest BCUT2D eigenvalue weighted by Crippen LogP contribution is 2.33. The molecule has 0 saturated carbocycles. The van der Waals surface area contributed by atoms with E-state index in [9.17, 15) is 5.11 Å². The zero-order valence-corrected chi connectivity index (χ0v) is 15.0. The average molecular weight is 346 g/mol. The molecule has 0 aliphatic rings. The summed E-state index contributed by atoms with van der Waals surface area (Å²) in [6, 6.07) is 9.62. The van der Waals surface area contributed by atoms with Gasteiger partial charge < -0.3 is 24.4 Å². The molecular weight excluding hydrogens is 320 g/mol. The lowest BCUT2D eigenvalue weighted by Crippen LogP contribution is -1.99. The number of ether oxygens (including phenoxy) is 3. The molecule has 136 valence electrons. The summed E-state index contributed by atoms with van der Waals surface area (Å²) in [5, 5.41) is 19.4. The van der Waals surface area contributed by atoms with Crippen molar-refractivity contribution in [3.05, 3.63) is 47.0 Å². The van der Waals surface area contributed by atoms with E-state index in [1.165, 1.54) is 0 Å². The summed E-state index contributed by atoms with van der Waals surface area (Å²) in [7, 11) is 4.77. The lowest BCUT2D eigenvalue weighted by molar-refractivity contribution is 0.288. The molecule has 0 radical (unpaired) electrons. The molecule has 0 heterocycles. The Morgan fingerprint density at radius 2 is 1.44 bits per heavy atom. The van der Waals surface area contributed by atoms with E-state index in [1.807, 2.05) is 30.3 Å². The molecule has 0 unspecified atom stereocenters. The van der Waals surface area contributed by atoms with Gasteiger partial charge in [-0.1, -0.05) is 12.1 Å². The molecule has 0 saturated heterocycles. The number of aromatic hydroxyl groups is 1. The minimum absolute atomic E-state index is 0.143. The number of hydrogen-bond acceptors (Lipinski definition) is 5. The second kappa shape index (κ2) is 9.18. The molecule has 2 N–H and O–H groups in total. The van der Waals surface area contributed by atoms with Gasteiger partial charge in [0.25, 0.3) is 0 Å². The Morgan fingerprint density at radius 1 is 0.760 bits per heavy atom. The van der Waals surface area contributed by atoms with Gasteiger partial charge >= 0.3 is 0 Å². The zero-order chi connectivity index (χ0) is 18.2. The van der Waals surface area contributed by atoms with Gasteiger partial charge in [-0.05, 0) is 60.6 Å². The summed E-state index contributed by atoms with van der Waals surface area (Å²) in [5.74, 6) is 2.04. The number of aliphatic hydroxyl groups is 1. The van der Waals surface area contributed by atoms with Gasteiger partial charge in [-0.3, -0.25) is 0 Å². The number of phenols is 1. The molecule has 0 fully saturated rings. The number of methoxy groups -OCH3 is 3. The molecule has 5 nitrogen and oxygen atoms in total. The highest BCUT2D eigenvalue weighted by Gasteiger charge is 2.12. The van der Waals surface area contributed by atoms with Crippen LogP contribution in [0.4, 0.5) is 0 Å². The Balaban J connectivity index is 2.19. The minimum atomic E-state index is 0.143. The summed E-state index contributed by atoms with van der Waals surface area (Å²) < 4.78 is 15.9. The maximum Gasteiger partial charge on any atom is 0.161 e. The van der Waals surface area contributed by atoms with Gasteiger partial charge in [0.1, 0.15) is 0 Å². The van der Waals surface area contributed by atoms with Gasteiger partial charge in [-0.15, -0.1) is 0 Å². The van der Waals surface area contributed by atoms with Crippen LogP contribution < -0.4 is 14.2 Å². The largest absolute Gasteiger partial charge is 0.504 e. The summed E-state index contributed by atoms with van der Waals surface area (Å²) in [6.07, 6.45) is 2.85. The van der Waals surface area contributed by atoms with Crippen LogP contribution >= 0.6 is 0 Å². The van der Waals surface area contributed by atoms with Crippen LogP contribution in [0.25, 0.3) is 0 Å². The summed E-state index contributed by atoms with van der Waals surface area (Å²) in [4.78, 5) is 0. The van der Waals surface area contributed by atoms with Crippen molar-refractivity contribution < 1.29 is 24.4 Å². The molecule has 2 aromatic carbocycles. The second-order valence-electron chi connectivity index (χ2n) is 5.82. The molecule has 25 heavy (non-hydrogen) atoms. The van der Waals surface area contributed by atoms with Gasteiger partial charge in [0.15, 0.2) is 23.0 Å². The van der Waals surface area contributed by atoms with Crippen molar-refractivity contribution in [1.82, 2.24) is 0 Å². The summed E-state index contributed by atoms with van der Waals surface area (Å²) in [5.41, 5.74) is 2.98. The fourth-order valence-corrected chi connectivity index (χ4v) is 2.82. The maximum atomic E-state index is 10.4. The lowest BCUT2D eigenvalue weighted by atomic mass is 9.99. The number of phenolic OH excluding ortho intramolecular Hbond substituents is 1. The molecule has 0 atom stereocenters. The molecule has 0 aliphatic carbocycles. The van der Waals surface area contributed by atoms with E-state index >= 15 is 0 Å². The highest BCUT2D eigenvalue weighted by atomic mass is 16.5. The first-order valence-electron chi connectivity index (χ1n) is 8.33. The third-order valence-corrected chi connectivity index (χ3v) is 4.19. The highest BCUT2D eigenvalue weighted by molar-refractivity contribution is 5.49. The predicted molar refractivity (Wildman–Crippen MR) is 97.0 cm³/mol. The van der Waals surface area contributed by atoms with E-state index in [-0.39, 0.29) is 12.4 Å². The lowest BCUT2D eigenvalue weighted by Gasteiger charge is -2.13. The Labute approximate surface area is 148 Å². The first kappa shape index (κ1) is 18.9. The fourth-order valence-electron chi connectivity index (χ4n) is 2.82. The molecule has 0 aromatic heterocycles. The maximum absolute atomic E-state index is 10.4. The Bertz CT molecular complexity index is 697. The van der Waals surface area contributed by atoms with E-state index < -0.39 is 0 Å². The standard InChI is InChI=1S/C20H26O5/c1-23-17-9-7-14(12-18(17)24-2)6-8-16-11-15(5-4-10-21)13-19(25-3)20(16)22/h7,9,11-13,21-22H,4-6,8,10H2,1-3H3. The SMILES string of the molecule is COc1ccc(CCc2cc(CCCO)cc(OC)c2O)cc1OC. The number of benzene rings is 2. The monoisotopic (exact) mass is 346 g/mol. The smallest absolute Gasteiger partial charge is 0.161 e. The van der Waals surface area contributed by atoms with Crippen molar-refractivity contribution in [3.63, 3.8) is 0 Å². The number of rotatable bonds is 9. The third-order valence-electron chi connectivity index (χ3n) is 4.19. The molecule has 5 heteroatoms. The van der Waals surface area contributed by atoms with Crippen LogP contribution in [-0.4, -0.2) is 38.1 Å². The molecule has 0 aliphatic heterocycles. The van der Waals surface area contributed by atoms with Crippen molar-refractivity contribution in [2.75, 3.05) is 27.9 Å². The van der Waals surface area contributed by atoms with Crippen LogP contribution in [0.15, 0.2) is 30.3 Å².